The number of anilines is 3. The molecule has 2 heterocycles. The van der Waals surface area contributed by atoms with Crippen LogP contribution in [0.25, 0.3) is 0 Å². The summed E-state index contributed by atoms with van der Waals surface area (Å²) in [5.74, 6) is -0.505. The normalized spacial score (nSPS) is 11.0. The summed E-state index contributed by atoms with van der Waals surface area (Å²) in [5.41, 5.74) is 4.41. The summed E-state index contributed by atoms with van der Waals surface area (Å²) in [7, 11) is 1.52. The molecule has 0 atom stereocenters. The van der Waals surface area contributed by atoms with Gasteiger partial charge in [0, 0.05) is 71.9 Å². The smallest absolute Gasteiger partial charge is 0.180 e. The van der Waals surface area contributed by atoms with Crippen LogP contribution in [0.5, 0.6) is 5.75 Å². The minimum Gasteiger partial charge on any atom is -0.491 e. The van der Waals surface area contributed by atoms with E-state index < -0.39 is 11.6 Å². The van der Waals surface area contributed by atoms with Crippen LogP contribution >= 0.6 is 0 Å². The second-order valence-corrected chi connectivity index (χ2v) is 9.90. The summed E-state index contributed by atoms with van der Waals surface area (Å²) < 4.78 is 39.8. The molecule has 0 aliphatic carbocycles. The van der Waals surface area contributed by atoms with Gasteiger partial charge in [0.2, 0.25) is 0 Å². The number of aromatic nitrogens is 3. The van der Waals surface area contributed by atoms with Crippen molar-refractivity contribution >= 4 is 22.9 Å². The molecule has 0 aliphatic heterocycles. The van der Waals surface area contributed by atoms with Gasteiger partial charge in [0.05, 0.1) is 6.61 Å². The van der Waals surface area contributed by atoms with Crippen LogP contribution in [-0.2, 0) is 11.3 Å². The lowest BCUT2D eigenvalue weighted by molar-refractivity contribution is 0.146. The van der Waals surface area contributed by atoms with Crippen molar-refractivity contribution in [3.63, 3.8) is 0 Å². The first kappa shape index (κ1) is 29.5. The van der Waals surface area contributed by atoms with Crippen LogP contribution in [0.4, 0.5) is 26.0 Å². The minimum atomic E-state index is -0.734. The van der Waals surface area contributed by atoms with Crippen LogP contribution in [0.15, 0.2) is 54.7 Å². The standard InChI is InChI=1S/C31H34F2N6O2/c1-18(2)27-15-29(37-28-12-20(4)35-16-19(28)3)39-31(38-27)30(34)22-8-6-7-9-26(22)36-17-23-24(32)13-21(14-25(23)33)41-11-10-40-5/h6-9,12-16,18,34,36H,10-11,17H2,1-5H3,(H,35,37,38,39). The summed E-state index contributed by atoms with van der Waals surface area (Å²) in [6, 6.07) is 13.2. The number of halogens is 2. The van der Waals surface area contributed by atoms with E-state index in [0.29, 0.717) is 23.7 Å². The first-order valence-electron chi connectivity index (χ1n) is 13.3. The van der Waals surface area contributed by atoms with Crippen LogP contribution in [0.2, 0.25) is 0 Å². The zero-order chi connectivity index (χ0) is 29.5. The summed E-state index contributed by atoms with van der Waals surface area (Å²) in [6.45, 7) is 8.26. The summed E-state index contributed by atoms with van der Waals surface area (Å²) in [6.07, 6.45) is 1.79. The molecule has 214 valence electrons. The number of pyridine rings is 1. The molecule has 4 rings (SSSR count). The average Bonchev–Trinajstić information content (AvgIpc) is 2.94. The molecule has 4 aromatic rings. The van der Waals surface area contributed by atoms with Gasteiger partial charge in [-0.2, -0.15) is 0 Å². The van der Waals surface area contributed by atoms with Crippen molar-refractivity contribution < 1.29 is 18.3 Å². The van der Waals surface area contributed by atoms with E-state index in [9.17, 15) is 8.78 Å². The van der Waals surface area contributed by atoms with Gasteiger partial charge in [0.25, 0.3) is 0 Å². The fourth-order valence-electron chi connectivity index (χ4n) is 4.07. The predicted octanol–water partition coefficient (Wildman–Crippen LogP) is 6.69. The zero-order valence-electron chi connectivity index (χ0n) is 23.8. The molecule has 0 amide bonds. The largest absolute Gasteiger partial charge is 0.491 e. The van der Waals surface area contributed by atoms with Gasteiger partial charge in [0.15, 0.2) is 5.82 Å². The van der Waals surface area contributed by atoms with Gasteiger partial charge in [-0.05, 0) is 37.5 Å². The first-order chi connectivity index (χ1) is 19.7. The Morgan fingerprint density at radius 1 is 0.976 bits per heavy atom. The third kappa shape index (κ3) is 7.40. The second-order valence-electron chi connectivity index (χ2n) is 9.90. The Hall–Kier alpha value is -4.44. The number of hydrogen-bond acceptors (Lipinski definition) is 8. The molecule has 0 radical (unpaired) electrons. The molecule has 0 saturated carbocycles. The maximum Gasteiger partial charge on any atom is 0.180 e. The van der Waals surface area contributed by atoms with E-state index in [1.54, 1.807) is 30.5 Å². The number of methoxy groups -OCH3 is 1. The molecule has 2 aromatic carbocycles. The highest BCUT2D eigenvalue weighted by Gasteiger charge is 2.18. The van der Waals surface area contributed by atoms with E-state index in [-0.39, 0.29) is 41.9 Å². The number of nitrogens with one attached hydrogen (secondary N) is 3. The third-order valence-corrected chi connectivity index (χ3v) is 6.39. The Morgan fingerprint density at radius 2 is 1.71 bits per heavy atom. The van der Waals surface area contributed by atoms with Crippen molar-refractivity contribution in [2.75, 3.05) is 31.0 Å². The number of ether oxygens (including phenoxy) is 2. The quantitative estimate of drug-likeness (QED) is 0.131. The molecule has 0 saturated heterocycles. The molecular formula is C31H34F2N6O2. The molecule has 41 heavy (non-hydrogen) atoms. The van der Waals surface area contributed by atoms with Crippen LogP contribution < -0.4 is 15.4 Å². The second kappa shape index (κ2) is 13.3. The van der Waals surface area contributed by atoms with Crippen molar-refractivity contribution in [2.45, 2.75) is 40.2 Å². The van der Waals surface area contributed by atoms with Gasteiger partial charge in [0.1, 0.15) is 35.5 Å². The van der Waals surface area contributed by atoms with Gasteiger partial charge >= 0.3 is 0 Å². The fourth-order valence-corrected chi connectivity index (χ4v) is 4.07. The number of para-hydroxylation sites is 1. The summed E-state index contributed by atoms with van der Waals surface area (Å²) in [4.78, 5) is 13.6. The van der Waals surface area contributed by atoms with Crippen LogP contribution in [0.3, 0.4) is 0 Å². The lowest BCUT2D eigenvalue weighted by Crippen LogP contribution is -2.14. The molecule has 8 nitrogen and oxygen atoms in total. The molecule has 0 spiro atoms. The van der Waals surface area contributed by atoms with Gasteiger partial charge < -0.3 is 20.1 Å². The van der Waals surface area contributed by atoms with E-state index in [1.165, 1.54) is 7.11 Å². The maximum atomic E-state index is 14.8. The van der Waals surface area contributed by atoms with Crippen LogP contribution in [0.1, 0.15) is 53.7 Å². The molecular weight excluding hydrogens is 526 g/mol. The monoisotopic (exact) mass is 560 g/mol. The van der Waals surface area contributed by atoms with Crippen molar-refractivity contribution in [1.29, 1.82) is 5.41 Å². The lowest BCUT2D eigenvalue weighted by Gasteiger charge is -2.16. The van der Waals surface area contributed by atoms with Crippen molar-refractivity contribution in [3.05, 3.63) is 100 Å². The minimum absolute atomic E-state index is 0.0733. The molecule has 0 aliphatic rings. The Kier molecular flexibility index (Phi) is 9.57. The van der Waals surface area contributed by atoms with Crippen molar-refractivity contribution in [1.82, 2.24) is 15.0 Å². The highest BCUT2D eigenvalue weighted by atomic mass is 19.1. The predicted molar refractivity (Wildman–Crippen MR) is 157 cm³/mol. The molecule has 10 heteroatoms. The van der Waals surface area contributed by atoms with Crippen LogP contribution in [-0.4, -0.2) is 41.0 Å². The molecule has 0 bridgehead atoms. The Morgan fingerprint density at radius 3 is 2.41 bits per heavy atom. The number of nitrogens with zero attached hydrogens (tertiary/aromatic N) is 3. The summed E-state index contributed by atoms with van der Waals surface area (Å²) in [5, 5.41) is 15.4. The van der Waals surface area contributed by atoms with Gasteiger partial charge in [-0.3, -0.25) is 10.4 Å². The molecule has 2 aromatic heterocycles. The SMILES string of the molecule is COCCOc1cc(F)c(CNc2ccccc2C(=N)c2nc(Nc3cc(C)ncc3C)cc(C(C)C)n2)c(F)c1. The highest BCUT2D eigenvalue weighted by molar-refractivity contribution is 6.12. The van der Waals surface area contributed by atoms with E-state index in [0.717, 1.165) is 34.8 Å². The van der Waals surface area contributed by atoms with Gasteiger partial charge in [-0.25, -0.2) is 18.7 Å². The number of hydrogen-bond donors (Lipinski definition) is 3. The fraction of sp³-hybridized carbons (Fsp3) is 0.290. The van der Waals surface area contributed by atoms with Crippen molar-refractivity contribution in [2.24, 2.45) is 0 Å². The summed E-state index contributed by atoms with van der Waals surface area (Å²) >= 11 is 0. The van der Waals surface area contributed by atoms with E-state index in [2.05, 4.69) is 25.6 Å². The van der Waals surface area contributed by atoms with Gasteiger partial charge in [-0.1, -0.05) is 32.0 Å². The van der Waals surface area contributed by atoms with Gasteiger partial charge in [-0.15, -0.1) is 0 Å². The Balaban J connectivity index is 1.60. The van der Waals surface area contributed by atoms with E-state index in [4.69, 9.17) is 14.9 Å². The Bertz CT molecular complexity index is 1520. The number of rotatable bonds is 12. The third-order valence-electron chi connectivity index (χ3n) is 6.39. The first-order valence-corrected chi connectivity index (χ1v) is 13.3. The topological polar surface area (TPSA) is 105 Å². The average molecular weight is 561 g/mol. The molecule has 0 unspecified atom stereocenters. The highest BCUT2D eigenvalue weighted by Crippen LogP contribution is 2.26. The Labute approximate surface area is 238 Å². The molecule has 3 N–H and O–H groups in total. The number of benzene rings is 2. The van der Waals surface area contributed by atoms with E-state index in [1.807, 2.05) is 39.8 Å². The maximum absolute atomic E-state index is 14.8. The van der Waals surface area contributed by atoms with E-state index >= 15 is 0 Å². The van der Waals surface area contributed by atoms with Crippen molar-refractivity contribution in [3.8, 4) is 5.75 Å². The van der Waals surface area contributed by atoms with Crippen LogP contribution in [0, 0.1) is 30.9 Å². The molecule has 0 fully saturated rings. The number of aryl methyl sites for hydroxylation is 2. The lowest BCUT2D eigenvalue weighted by atomic mass is 10.1. The zero-order valence-corrected chi connectivity index (χ0v) is 23.8.